The Bertz CT molecular complexity index is 1040. The van der Waals surface area contributed by atoms with Crippen LogP contribution < -0.4 is 10.2 Å². The fraction of sp³-hybridized carbons (Fsp3) is 0.520. The average Bonchev–Trinajstić information content (AvgIpc) is 3.10. The molecule has 2 aromatic heterocycles. The van der Waals surface area contributed by atoms with E-state index in [0.29, 0.717) is 55.4 Å². The number of rotatable bonds is 6. The van der Waals surface area contributed by atoms with Crippen molar-refractivity contribution in [3.8, 4) is 0 Å². The van der Waals surface area contributed by atoms with Crippen molar-refractivity contribution in [1.29, 1.82) is 0 Å². The van der Waals surface area contributed by atoms with E-state index in [1.165, 1.54) is 6.92 Å². The number of aromatic nitrogens is 2. The molecule has 0 saturated carbocycles. The molecule has 9 nitrogen and oxygen atoms in total. The van der Waals surface area contributed by atoms with Gasteiger partial charge in [-0.25, -0.2) is 9.78 Å². The van der Waals surface area contributed by atoms with E-state index in [2.05, 4.69) is 20.2 Å². The van der Waals surface area contributed by atoms with Crippen LogP contribution in [0.3, 0.4) is 0 Å². The Hall–Kier alpha value is -3.36. The standard InChI is InChI=1S/C25H35N5O4/c1-7-8-19-21(17(3)31)16(2)27-22(19)23(32)28-20-10-9-18(15-26-20)29-11-13-30(14-12-29)24(33)34-25(4,5)6/h9-10,15,27H,7-8,11-14H2,1-6H3,(H,26,28,32). The third-order valence-electron chi connectivity index (χ3n) is 5.66. The minimum Gasteiger partial charge on any atom is -0.444 e. The highest BCUT2D eigenvalue weighted by atomic mass is 16.6. The Morgan fingerprint density at radius 3 is 2.35 bits per heavy atom. The molecule has 34 heavy (non-hydrogen) atoms. The van der Waals surface area contributed by atoms with Gasteiger partial charge in [0.25, 0.3) is 5.91 Å². The van der Waals surface area contributed by atoms with Gasteiger partial charge in [0.05, 0.1) is 11.9 Å². The summed E-state index contributed by atoms with van der Waals surface area (Å²) in [6.45, 7) is 13.4. The van der Waals surface area contributed by atoms with E-state index in [0.717, 1.165) is 17.7 Å². The number of ether oxygens (including phenoxy) is 1. The molecular formula is C25H35N5O4. The number of hydrogen-bond donors (Lipinski definition) is 2. The lowest BCUT2D eigenvalue weighted by atomic mass is 10.0. The van der Waals surface area contributed by atoms with Gasteiger partial charge in [-0.3, -0.25) is 9.59 Å². The van der Waals surface area contributed by atoms with Crippen LogP contribution in [0.2, 0.25) is 0 Å². The fourth-order valence-electron chi connectivity index (χ4n) is 4.15. The Labute approximate surface area is 200 Å². The molecule has 9 heteroatoms. The number of pyridine rings is 1. The van der Waals surface area contributed by atoms with Gasteiger partial charge in [-0.1, -0.05) is 13.3 Å². The molecule has 3 heterocycles. The van der Waals surface area contributed by atoms with Crippen LogP contribution >= 0.6 is 0 Å². The number of amides is 2. The maximum Gasteiger partial charge on any atom is 0.410 e. The summed E-state index contributed by atoms with van der Waals surface area (Å²) >= 11 is 0. The lowest BCUT2D eigenvalue weighted by Crippen LogP contribution is -2.50. The van der Waals surface area contributed by atoms with Gasteiger partial charge >= 0.3 is 6.09 Å². The zero-order chi connectivity index (χ0) is 25.0. The Morgan fingerprint density at radius 1 is 1.15 bits per heavy atom. The molecule has 1 aliphatic heterocycles. The van der Waals surface area contributed by atoms with E-state index in [4.69, 9.17) is 4.74 Å². The number of aryl methyl sites for hydroxylation is 1. The Morgan fingerprint density at radius 2 is 1.82 bits per heavy atom. The number of carbonyl (C=O) groups is 3. The molecular weight excluding hydrogens is 434 g/mol. The highest BCUT2D eigenvalue weighted by Crippen LogP contribution is 2.23. The summed E-state index contributed by atoms with van der Waals surface area (Å²) in [5.41, 5.74) is 2.87. The maximum absolute atomic E-state index is 12.9. The Balaban J connectivity index is 1.63. The number of anilines is 2. The predicted molar refractivity (Wildman–Crippen MR) is 132 cm³/mol. The summed E-state index contributed by atoms with van der Waals surface area (Å²) in [5.74, 6) is 0.0657. The molecule has 2 N–H and O–H groups in total. The molecule has 3 rings (SSSR count). The van der Waals surface area contributed by atoms with E-state index < -0.39 is 5.60 Å². The van der Waals surface area contributed by atoms with E-state index in [1.807, 2.05) is 40.7 Å². The summed E-state index contributed by atoms with van der Waals surface area (Å²) in [6, 6.07) is 3.66. The zero-order valence-electron chi connectivity index (χ0n) is 20.9. The predicted octanol–water partition coefficient (Wildman–Crippen LogP) is 4.18. The van der Waals surface area contributed by atoms with Gasteiger partial charge in [0.2, 0.25) is 0 Å². The second-order valence-corrected chi connectivity index (χ2v) is 9.59. The van der Waals surface area contributed by atoms with E-state index in [-0.39, 0.29) is 17.8 Å². The molecule has 1 aliphatic rings. The van der Waals surface area contributed by atoms with Crippen molar-refractivity contribution in [1.82, 2.24) is 14.9 Å². The lowest BCUT2D eigenvalue weighted by molar-refractivity contribution is 0.0240. The molecule has 2 aromatic rings. The van der Waals surface area contributed by atoms with Crippen molar-refractivity contribution in [2.45, 2.75) is 60.0 Å². The first-order chi connectivity index (χ1) is 16.0. The van der Waals surface area contributed by atoms with Gasteiger partial charge in [0.1, 0.15) is 17.1 Å². The average molecular weight is 470 g/mol. The van der Waals surface area contributed by atoms with Crippen LogP contribution in [0.4, 0.5) is 16.3 Å². The minimum atomic E-state index is -0.512. The number of nitrogens with one attached hydrogen (secondary N) is 2. The highest BCUT2D eigenvalue weighted by molar-refractivity contribution is 6.07. The molecule has 0 aliphatic carbocycles. The number of carbonyl (C=O) groups excluding carboxylic acids is 3. The molecule has 0 unspecified atom stereocenters. The monoisotopic (exact) mass is 469 g/mol. The lowest BCUT2D eigenvalue weighted by Gasteiger charge is -2.36. The summed E-state index contributed by atoms with van der Waals surface area (Å²) in [5, 5.41) is 2.83. The van der Waals surface area contributed by atoms with Gasteiger partial charge in [0, 0.05) is 37.4 Å². The molecule has 1 saturated heterocycles. The van der Waals surface area contributed by atoms with Crippen LogP contribution in [0.1, 0.15) is 73.1 Å². The van der Waals surface area contributed by atoms with Crippen molar-refractivity contribution in [2.75, 3.05) is 36.4 Å². The van der Waals surface area contributed by atoms with Gasteiger partial charge in [0.15, 0.2) is 5.78 Å². The number of hydrogen-bond acceptors (Lipinski definition) is 6. The fourth-order valence-corrected chi connectivity index (χ4v) is 4.15. The molecule has 2 amide bonds. The van der Waals surface area contributed by atoms with Crippen LogP contribution in [0, 0.1) is 6.92 Å². The molecule has 0 radical (unpaired) electrons. The number of aromatic amines is 1. The first-order valence-corrected chi connectivity index (χ1v) is 11.7. The first-order valence-electron chi connectivity index (χ1n) is 11.7. The third kappa shape index (κ3) is 5.95. The second-order valence-electron chi connectivity index (χ2n) is 9.59. The van der Waals surface area contributed by atoms with Crippen LogP contribution in [0.25, 0.3) is 0 Å². The first kappa shape index (κ1) is 25.3. The van der Waals surface area contributed by atoms with Crippen molar-refractivity contribution < 1.29 is 19.1 Å². The highest BCUT2D eigenvalue weighted by Gasteiger charge is 2.26. The van der Waals surface area contributed by atoms with E-state index in [9.17, 15) is 14.4 Å². The van der Waals surface area contributed by atoms with Gasteiger partial charge < -0.3 is 24.8 Å². The third-order valence-corrected chi connectivity index (χ3v) is 5.66. The van der Waals surface area contributed by atoms with Crippen LogP contribution in [0.15, 0.2) is 18.3 Å². The number of nitrogens with zero attached hydrogens (tertiary/aromatic N) is 3. The second kappa shape index (κ2) is 10.3. The summed E-state index contributed by atoms with van der Waals surface area (Å²) < 4.78 is 5.45. The summed E-state index contributed by atoms with van der Waals surface area (Å²) in [6.07, 6.45) is 2.89. The van der Waals surface area contributed by atoms with Crippen molar-refractivity contribution >= 4 is 29.3 Å². The number of H-pyrrole nitrogens is 1. The largest absolute Gasteiger partial charge is 0.444 e. The number of piperazine rings is 1. The van der Waals surface area contributed by atoms with Crippen molar-refractivity contribution in [2.24, 2.45) is 0 Å². The molecule has 1 fully saturated rings. The molecule has 0 spiro atoms. The molecule has 0 atom stereocenters. The number of Topliss-reactive ketones (excluding diaryl/α,β-unsaturated/α-hetero) is 1. The van der Waals surface area contributed by atoms with Crippen molar-refractivity contribution in [3.05, 3.63) is 40.8 Å². The van der Waals surface area contributed by atoms with Crippen LogP contribution in [-0.4, -0.2) is 64.4 Å². The van der Waals surface area contributed by atoms with Gasteiger partial charge in [-0.05, 0) is 58.7 Å². The molecule has 184 valence electrons. The maximum atomic E-state index is 12.9. The van der Waals surface area contributed by atoms with Gasteiger partial charge in [-0.15, -0.1) is 0 Å². The molecule has 0 bridgehead atoms. The topological polar surface area (TPSA) is 108 Å². The zero-order valence-corrected chi connectivity index (χ0v) is 20.9. The van der Waals surface area contributed by atoms with Gasteiger partial charge in [-0.2, -0.15) is 0 Å². The summed E-state index contributed by atoms with van der Waals surface area (Å²) in [7, 11) is 0. The van der Waals surface area contributed by atoms with E-state index >= 15 is 0 Å². The van der Waals surface area contributed by atoms with E-state index in [1.54, 1.807) is 17.2 Å². The van der Waals surface area contributed by atoms with Crippen LogP contribution in [-0.2, 0) is 11.2 Å². The number of ketones is 1. The smallest absolute Gasteiger partial charge is 0.410 e. The Kier molecular flexibility index (Phi) is 7.64. The van der Waals surface area contributed by atoms with Crippen molar-refractivity contribution in [3.63, 3.8) is 0 Å². The molecule has 0 aromatic carbocycles. The SMILES string of the molecule is CCCc1c(C(=O)Nc2ccc(N3CCN(C(=O)OC(C)(C)C)CC3)cn2)[nH]c(C)c1C(C)=O. The normalized spacial score (nSPS) is 14.2. The summed E-state index contributed by atoms with van der Waals surface area (Å²) in [4.78, 5) is 48.6. The van der Waals surface area contributed by atoms with Crippen LogP contribution in [0.5, 0.6) is 0 Å². The minimum absolute atomic E-state index is 0.0505. The quantitative estimate of drug-likeness (QED) is 0.615.